The molecule has 0 aromatic carbocycles. The predicted molar refractivity (Wildman–Crippen MR) is 67.6 cm³/mol. The summed E-state index contributed by atoms with van der Waals surface area (Å²) in [5.41, 5.74) is 4.97. The zero-order valence-corrected chi connectivity index (χ0v) is 11.0. The first kappa shape index (κ1) is 15.9. The first-order valence-corrected chi connectivity index (χ1v) is 6.41. The molecule has 7 heteroatoms. The molecule has 0 fully saturated rings. The first-order chi connectivity index (χ1) is 8.02. The summed E-state index contributed by atoms with van der Waals surface area (Å²) in [6.45, 7) is 2.59. The van der Waals surface area contributed by atoms with Gasteiger partial charge in [-0.2, -0.15) is 0 Å². The van der Waals surface area contributed by atoms with Crippen LogP contribution in [0.4, 0.5) is 4.79 Å². The summed E-state index contributed by atoms with van der Waals surface area (Å²) < 4.78 is 0. The van der Waals surface area contributed by atoms with Crippen LogP contribution >= 0.6 is 11.8 Å². The minimum absolute atomic E-state index is 0.136. The molecule has 3 amide bonds. The average Bonchev–Trinajstić information content (AvgIpc) is 2.28. The minimum Gasteiger partial charge on any atom is -0.370 e. The molecule has 0 aliphatic rings. The number of imide groups is 1. The van der Waals surface area contributed by atoms with Crippen molar-refractivity contribution < 1.29 is 14.4 Å². The van der Waals surface area contributed by atoms with E-state index in [0.717, 1.165) is 11.8 Å². The van der Waals surface area contributed by atoms with Gasteiger partial charge in [-0.15, -0.1) is 0 Å². The molecule has 0 aliphatic carbocycles. The Morgan fingerprint density at radius 1 is 1.35 bits per heavy atom. The van der Waals surface area contributed by atoms with Crippen LogP contribution in [0.2, 0.25) is 0 Å². The lowest BCUT2D eigenvalue weighted by Gasteiger charge is -2.19. The van der Waals surface area contributed by atoms with Crippen LogP contribution in [-0.4, -0.2) is 47.8 Å². The van der Waals surface area contributed by atoms with Crippen molar-refractivity contribution in [3.63, 3.8) is 0 Å². The normalized spacial score (nSPS) is 10.0. The SMILES string of the molecule is CCC(=O)N(CCNC)C(=O)SCCC(N)=O. The number of nitrogens with one attached hydrogen (secondary N) is 1. The molecule has 0 rings (SSSR count). The van der Waals surface area contributed by atoms with E-state index in [0.29, 0.717) is 18.8 Å². The Kier molecular flexibility index (Phi) is 8.43. The van der Waals surface area contributed by atoms with Gasteiger partial charge in [0.05, 0.1) is 0 Å². The molecule has 0 radical (unpaired) electrons. The fourth-order valence-electron chi connectivity index (χ4n) is 1.05. The highest BCUT2D eigenvalue weighted by molar-refractivity contribution is 8.13. The van der Waals surface area contributed by atoms with Crippen molar-refractivity contribution in [2.24, 2.45) is 5.73 Å². The molecule has 0 saturated carbocycles. The van der Waals surface area contributed by atoms with Gasteiger partial charge in [0.25, 0.3) is 5.24 Å². The van der Waals surface area contributed by atoms with E-state index in [2.05, 4.69) is 5.32 Å². The van der Waals surface area contributed by atoms with E-state index in [9.17, 15) is 14.4 Å². The van der Waals surface area contributed by atoms with Gasteiger partial charge in [0.1, 0.15) is 0 Å². The number of hydrogen-bond acceptors (Lipinski definition) is 5. The number of nitrogens with zero attached hydrogens (tertiary/aromatic N) is 1. The third kappa shape index (κ3) is 6.96. The second-order valence-corrected chi connectivity index (χ2v) is 4.38. The molecule has 0 unspecified atom stereocenters. The molecule has 0 bridgehead atoms. The highest BCUT2D eigenvalue weighted by atomic mass is 32.2. The lowest BCUT2D eigenvalue weighted by atomic mass is 10.4. The van der Waals surface area contributed by atoms with Crippen molar-refractivity contribution in [3.8, 4) is 0 Å². The summed E-state index contributed by atoms with van der Waals surface area (Å²) in [7, 11) is 1.75. The number of carbonyl (C=O) groups excluding carboxylic acids is 3. The van der Waals surface area contributed by atoms with E-state index in [-0.39, 0.29) is 24.0 Å². The van der Waals surface area contributed by atoms with Crippen molar-refractivity contribution in [3.05, 3.63) is 0 Å². The fraction of sp³-hybridized carbons (Fsp3) is 0.700. The molecule has 6 nitrogen and oxygen atoms in total. The number of nitrogens with two attached hydrogens (primary N) is 1. The Morgan fingerprint density at radius 3 is 2.47 bits per heavy atom. The summed E-state index contributed by atoms with van der Waals surface area (Å²) in [4.78, 5) is 35.0. The van der Waals surface area contributed by atoms with Gasteiger partial charge in [0, 0.05) is 31.7 Å². The summed E-state index contributed by atoms with van der Waals surface area (Å²) in [6.07, 6.45) is 0.419. The van der Waals surface area contributed by atoms with E-state index >= 15 is 0 Å². The van der Waals surface area contributed by atoms with Crippen molar-refractivity contribution in [1.29, 1.82) is 0 Å². The second-order valence-electron chi connectivity index (χ2n) is 3.33. The van der Waals surface area contributed by atoms with E-state index in [1.165, 1.54) is 4.90 Å². The minimum atomic E-state index is -0.450. The van der Waals surface area contributed by atoms with Gasteiger partial charge in [-0.05, 0) is 7.05 Å². The molecule has 0 heterocycles. The Morgan fingerprint density at radius 2 is 2.00 bits per heavy atom. The second kappa shape index (κ2) is 9.00. The standard InChI is InChI=1S/C10H19N3O3S/c1-3-9(15)13(6-5-12-2)10(16)17-7-4-8(11)14/h12H,3-7H2,1-2H3,(H2,11,14). The van der Waals surface area contributed by atoms with Crippen molar-refractivity contribution in [2.75, 3.05) is 25.9 Å². The van der Waals surface area contributed by atoms with Crippen molar-refractivity contribution in [1.82, 2.24) is 10.2 Å². The van der Waals surface area contributed by atoms with Crippen LogP contribution in [0.3, 0.4) is 0 Å². The third-order valence-corrected chi connectivity index (χ3v) is 2.86. The Hall–Kier alpha value is -1.08. The van der Waals surface area contributed by atoms with Crippen LogP contribution < -0.4 is 11.1 Å². The van der Waals surface area contributed by atoms with Gasteiger partial charge in [0.15, 0.2) is 0 Å². The molecule has 3 N–H and O–H groups in total. The number of carbonyl (C=O) groups is 3. The lowest BCUT2D eigenvalue weighted by Crippen LogP contribution is -2.38. The quantitative estimate of drug-likeness (QED) is 0.681. The van der Waals surface area contributed by atoms with E-state index in [4.69, 9.17) is 5.73 Å². The monoisotopic (exact) mass is 261 g/mol. The number of likely N-dealkylation sites (N-methyl/N-ethyl adjacent to an activating group) is 1. The van der Waals surface area contributed by atoms with Crippen LogP contribution in [-0.2, 0) is 9.59 Å². The zero-order chi connectivity index (χ0) is 13.3. The highest BCUT2D eigenvalue weighted by Crippen LogP contribution is 2.11. The van der Waals surface area contributed by atoms with Gasteiger partial charge in [-0.25, -0.2) is 0 Å². The van der Waals surface area contributed by atoms with Crippen LogP contribution in [0.5, 0.6) is 0 Å². The number of rotatable bonds is 7. The van der Waals surface area contributed by atoms with Gasteiger partial charge in [-0.3, -0.25) is 19.3 Å². The van der Waals surface area contributed by atoms with Crippen LogP contribution in [0.15, 0.2) is 0 Å². The first-order valence-electron chi connectivity index (χ1n) is 5.43. The molecular weight excluding hydrogens is 242 g/mol. The Balaban J connectivity index is 4.22. The third-order valence-electron chi connectivity index (χ3n) is 1.98. The number of hydrogen-bond donors (Lipinski definition) is 2. The largest absolute Gasteiger partial charge is 0.370 e. The summed E-state index contributed by atoms with van der Waals surface area (Å²) in [6, 6.07) is 0. The molecular formula is C10H19N3O3S. The van der Waals surface area contributed by atoms with Gasteiger partial charge in [0.2, 0.25) is 11.8 Å². The van der Waals surface area contributed by atoms with Gasteiger partial charge >= 0.3 is 0 Å². The molecule has 98 valence electrons. The average molecular weight is 261 g/mol. The molecule has 0 spiro atoms. The van der Waals surface area contributed by atoms with Crippen molar-refractivity contribution in [2.45, 2.75) is 19.8 Å². The maximum Gasteiger partial charge on any atom is 0.288 e. The Labute approximate surface area is 105 Å². The molecule has 17 heavy (non-hydrogen) atoms. The summed E-state index contributed by atoms with van der Waals surface area (Å²) in [5, 5.41) is 2.55. The maximum absolute atomic E-state index is 11.7. The molecule has 0 aromatic rings. The Bertz CT molecular complexity index is 284. The highest BCUT2D eigenvalue weighted by Gasteiger charge is 2.19. The smallest absolute Gasteiger partial charge is 0.288 e. The fourth-order valence-corrected chi connectivity index (χ4v) is 1.88. The number of primary amides is 1. The molecule has 0 atom stereocenters. The van der Waals surface area contributed by atoms with E-state index < -0.39 is 5.91 Å². The molecule has 0 aliphatic heterocycles. The molecule has 0 aromatic heterocycles. The van der Waals surface area contributed by atoms with Crippen LogP contribution in [0, 0.1) is 0 Å². The number of thioether (sulfide) groups is 1. The van der Waals surface area contributed by atoms with Crippen molar-refractivity contribution >= 4 is 28.8 Å². The summed E-state index contributed by atoms with van der Waals surface area (Å²) >= 11 is 0.945. The predicted octanol–water partition coefficient (Wildman–Crippen LogP) is 0.173. The lowest BCUT2D eigenvalue weighted by molar-refractivity contribution is -0.127. The van der Waals surface area contributed by atoms with Crippen LogP contribution in [0.1, 0.15) is 19.8 Å². The van der Waals surface area contributed by atoms with Crippen LogP contribution in [0.25, 0.3) is 0 Å². The maximum atomic E-state index is 11.7. The molecule has 0 saturated heterocycles. The zero-order valence-electron chi connectivity index (χ0n) is 10.2. The number of amides is 3. The van der Waals surface area contributed by atoms with Gasteiger partial charge < -0.3 is 11.1 Å². The van der Waals surface area contributed by atoms with E-state index in [1.54, 1.807) is 14.0 Å². The van der Waals surface area contributed by atoms with E-state index in [1.807, 2.05) is 0 Å². The summed E-state index contributed by atoms with van der Waals surface area (Å²) in [5.74, 6) is -0.355. The topological polar surface area (TPSA) is 92.5 Å². The van der Waals surface area contributed by atoms with Gasteiger partial charge in [-0.1, -0.05) is 18.7 Å².